The first-order valence-electron chi connectivity index (χ1n) is 5.19. The minimum absolute atomic E-state index is 0.0742. The number of hydrogen-bond acceptors (Lipinski definition) is 4. The summed E-state index contributed by atoms with van der Waals surface area (Å²) in [6.45, 7) is -1.56. The van der Waals surface area contributed by atoms with Crippen molar-refractivity contribution in [2.24, 2.45) is 0 Å². The van der Waals surface area contributed by atoms with E-state index in [0.29, 0.717) is 5.75 Å². The summed E-state index contributed by atoms with van der Waals surface area (Å²) in [5, 5.41) is 20.3. The van der Waals surface area contributed by atoms with Crippen LogP contribution in [0, 0.1) is 0 Å². The Bertz CT molecular complexity index is 412. The first kappa shape index (κ1) is 12.1. The number of alkyl halides is 2. The summed E-state index contributed by atoms with van der Waals surface area (Å²) in [6, 6.07) is 4.21. The maximum atomic E-state index is 12.9. The molecule has 0 spiro atoms. The normalized spacial score (nSPS) is 18.9. The molecule has 0 radical (unpaired) electrons. The van der Waals surface area contributed by atoms with Crippen LogP contribution in [0.5, 0.6) is 11.5 Å². The zero-order chi connectivity index (χ0) is 12.5. The summed E-state index contributed by atoms with van der Waals surface area (Å²) in [4.78, 5) is 0. The summed E-state index contributed by atoms with van der Waals surface area (Å²) in [5.41, 5.74) is 0.733. The Morgan fingerprint density at radius 1 is 1.47 bits per heavy atom. The quantitative estimate of drug-likeness (QED) is 0.741. The SMILES string of the molecule is OCC(F)(F)CNC1COc2cc(O)ccc21. The molecule has 0 saturated carbocycles. The molecule has 0 amide bonds. The third-order valence-corrected chi connectivity index (χ3v) is 2.62. The summed E-state index contributed by atoms with van der Waals surface area (Å²) < 4.78 is 31.0. The highest BCUT2D eigenvalue weighted by Gasteiger charge is 2.31. The lowest BCUT2D eigenvalue weighted by atomic mass is 10.1. The number of ether oxygens (including phenoxy) is 1. The van der Waals surface area contributed by atoms with E-state index in [1.807, 2.05) is 0 Å². The highest BCUT2D eigenvalue weighted by atomic mass is 19.3. The zero-order valence-electron chi connectivity index (χ0n) is 8.99. The molecule has 1 aromatic rings. The molecule has 0 aliphatic carbocycles. The van der Waals surface area contributed by atoms with Gasteiger partial charge in [-0.05, 0) is 12.1 Å². The Kier molecular flexibility index (Phi) is 3.17. The van der Waals surface area contributed by atoms with Gasteiger partial charge in [0.05, 0.1) is 12.6 Å². The number of phenolic OH excluding ortho intramolecular Hbond substituents is 1. The highest BCUT2D eigenvalue weighted by Crippen LogP contribution is 2.35. The van der Waals surface area contributed by atoms with Crippen molar-refractivity contribution < 1.29 is 23.7 Å². The topological polar surface area (TPSA) is 61.7 Å². The van der Waals surface area contributed by atoms with Crippen LogP contribution < -0.4 is 10.1 Å². The van der Waals surface area contributed by atoms with Gasteiger partial charge in [0.15, 0.2) is 0 Å². The van der Waals surface area contributed by atoms with Crippen LogP contribution in [-0.2, 0) is 0 Å². The van der Waals surface area contributed by atoms with Crippen molar-refractivity contribution in [1.82, 2.24) is 5.32 Å². The fourth-order valence-electron chi connectivity index (χ4n) is 1.70. The molecule has 1 heterocycles. The van der Waals surface area contributed by atoms with Crippen LogP contribution in [0.2, 0.25) is 0 Å². The third kappa shape index (κ3) is 2.65. The predicted octanol–water partition coefficient (Wildman–Crippen LogP) is 1.04. The second kappa shape index (κ2) is 4.46. The van der Waals surface area contributed by atoms with Gasteiger partial charge in [-0.15, -0.1) is 0 Å². The molecule has 0 saturated heterocycles. The lowest BCUT2D eigenvalue weighted by Gasteiger charge is -2.17. The van der Waals surface area contributed by atoms with E-state index in [4.69, 9.17) is 9.84 Å². The molecular formula is C11H13F2NO3. The molecule has 4 nitrogen and oxygen atoms in total. The molecule has 0 fully saturated rings. The molecule has 1 unspecified atom stereocenters. The summed E-state index contributed by atoms with van der Waals surface area (Å²) in [7, 11) is 0. The standard InChI is InChI=1S/C11H13F2NO3/c12-11(13,6-15)5-14-9-4-17-10-3-7(16)1-2-8(9)10/h1-3,9,14-16H,4-6H2. The van der Waals surface area contributed by atoms with E-state index in [1.165, 1.54) is 12.1 Å². The molecule has 3 N–H and O–H groups in total. The number of aromatic hydroxyl groups is 1. The van der Waals surface area contributed by atoms with E-state index in [1.54, 1.807) is 6.07 Å². The van der Waals surface area contributed by atoms with Gasteiger partial charge in [0.2, 0.25) is 0 Å². The van der Waals surface area contributed by atoms with Crippen molar-refractivity contribution >= 4 is 0 Å². The van der Waals surface area contributed by atoms with Crippen molar-refractivity contribution in [2.45, 2.75) is 12.0 Å². The van der Waals surface area contributed by atoms with E-state index in [9.17, 15) is 13.9 Å². The first-order valence-corrected chi connectivity index (χ1v) is 5.19. The zero-order valence-corrected chi connectivity index (χ0v) is 8.99. The molecule has 1 aromatic carbocycles. The lowest BCUT2D eigenvalue weighted by Crippen LogP contribution is -2.38. The van der Waals surface area contributed by atoms with E-state index in [-0.39, 0.29) is 18.4 Å². The maximum absolute atomic E-state index is 12.9. The number of nitrogens with one attached hydrogen (secondary N) is 1. The molecule has 94 valence electrons. The largest absolute Gasteiger partial charge is 0.508 e. The molecule has 1 aliphatic rings. The number of hydrogen-bond donors (Lipinski definition) is 3. The average molecular weight is 245 g/mol. The minimum atomic E-state index is -3.14. The van der Waals surface area contributed by atoms with Crippen LogP contribution in [0.25, 0.3) is 0 Å². The Balaban J connectivity index is 2.03. The molecule has 2 rings (SSSR count). The number of benzene rings is 1. The van der Waals surface area contributed by atoms with Crippen molar-refractivity contribution in [3.63, 3.8) is 0 Å². The summed E-state index contributed by atoms with van der Waals surface area (Å²) >= 11 is 0. The van der Waals surface area contributed by atoms with Crippen molar-refractivity contribution in [3.8, 4) is 11.5 Å². The van der Waals surface area contributed by atoms with E-state index < -0.39 is 19.1 Å². The van der Waals surface area contributed by atoms with Crippen LogP contribution in [0.3, 0.4) is 0 Å². The molecule has 6 heteroatoms. The van der Waals surface area contributed by atoms with Crippen LogP contribution in [0.4, 0.5) is 8.78 Å². The Labute approximate surface area is 96.8 Å². The van der Waals surface area contributed by atoms with Gasteiger partial charge < -0.3 is 20.3 Å². The molecule has 0 bridgehead atoms. The smallest absolute Gasteiger partial charge is 0.282 e. The third-order valence-electron chi connectivity index (χ3n) is 2.62. The summed E-state index contributed by atoms with van der Waals surface area (Å²) in [6.07, 6.45) is 0. The highest BCUT2D eigenvalue weighted by molar-refractivity contribution is 5.44. The fraction of sp³-hybridized carbons (Fsp3) is 0.455. The summed E-state index contributed by atoms with van der Waals surface area (Å²) in [5.74, 6) is -2.57. The Hall–Kier alpha value is -1.40. The fourth-order valence-corrected chi connectivity index (χ4v) is 1.70. The maximum Gasteiger partial charge on any atom is 0.282 e. The van der Waals surface area contributed by atoms with Gasteiger partial charge in [0.1, 0.15) is 24.7 Å². The molecule has 0 aromatic heterocycles. The number of fused-ring (bicyclic) bond motifs is 1. The monoisotopic (exact) mass is 245 g/mol. The second-order valence-electron chi connectivity index (χ2n) is 3.98. The molecular weight excluding hydrogens is 232 g/mol. The van der Waals surface area contributed by atoms with Gasteiger partial charge in [-0.1, -0.05) is 0 Å². The predicted molar refractivity (Wildman–Crippen MR) is 56.4 cm³/mol. The first-order chi connectivity index (χ1) is 8.02. The van der Waals surface area contributed by atoms with Gasteiger partial charge in [-0.25, -0.2) is 8.78 Å². The van der Waals surface area contributed by atoms with Crippen LogP contribution in [0.15, 0.2) is 18.2 Å². The number of phenols is 1. The van der Waals surface area contributed by atoms with Crippen LogP contribution >= 0.6 is 0 Å². The number of halogens is 2. The van der Waals surface area contributed by atoms with Crippen molar-refractivity contribution in [2.75, 3.05) is 19.8 Å². The Morgan fingerprint density at radius 3 is 2.94 bits per heavy atom. The Morgan fingerprint density at radius 2 is 2.24 bits per heavy atom. The van der Waals surface area contributed by atoms with Gasteiger partial charge in [0.25, 0.3) is 5.92 Å². The van der Waals surface area contributed by atoms with E-state index in [2.05, 4.69) is 5.32 Å². The average Bonchev–Trinajstić information content (AvgIpc) is 2.69. The van der Waals surface area contributed by atoms with Crippen molar-refractivity contribution in [1.29, 1.82) is 0 Å². The van der Waals surface area contributed by atoms with Crippen LogP contribution in [0.1, 0.15) is 11.6 Å². The number of aliphatic hydroxyl groups excluding tert-OH is 1. The number of aliphatic hydroxyl groups is 1. The van der Waals surface area contributed by atoms with E-state index >= 15 is 0 Å². The van der Waals surface area contributed by atoms with Crippen molar-refractivity contribution in [3.05, 3.63) is 23.8 Å². The molecule has 1 atom stereocenters. The van der Waals surface area contributed by atoms with Crippen LogP contribution in [-0.4, -0.2) is 35.9 Å². The minimum Gasteiger partial charge on any atom is -0.508 e. The lowest BCUT2D eigenvalue weighted by molar-refractivity contribution is -0.0496. The van der Waals surface area contributed by atoms with Gasteiger partial charge in [-0.3, -0.25) is 0 Å². The number of rotatable bonds is 4. The molecule has 17 heavy (non-hydrogen) atoms. The molecule has 1 aliphatic heterocycles. The van der Waals surface area contributed by atoms with Gasteiger partial charge in [-0.2, -0.15) is 0 Å². The van der Waals surface area contributed by atoms with E-state index in [0.717, 1.165) is 5.56 Å². The van der Waals surface area contributed by atoms with Gasteiger partial charge >= 0.3 is 0 Å². The van der Waals surface area contributed by atoms with Gasteiger partial charge in [0, 0.05) is 11.6 Å². The second-order valence-corrected chi connectivity index (χ2v) is 3.98.